The molecule has 4 heteroatoms. The Balaban J connectivity index is 2.41. The van der Waals surface area contributed by atoms with Crippen molar-refractivity contribution in [2.75, 3.05) is 6.54 Å². The zero-order valence-corrected chi connectivity index (χ0v) is 10.0. The third kappa shape index (κ3) is 3.64. The minimum Gasteiger partial charge on any atom is -0.307 e. The van der Waals surface area contributed by atoms with Crippen LogP contribution in [0.1, 0.15) is 19.0 Å². The van der Waals surface area contributed by atoms with Crippen molar-refractivity contribution in [1.82, 2.24) is 15.1 Å². The van der Waals surface area contributed by atoms with E-state index in [9.17, 15) is 0 Å². The second-order valence-electron chi connectivity index (χ2n) is 3.17. The lowest BCUT2D eigenvalue weighted by Gasteiger charge is -2.06. The van der Waals surface area contributed by atoms with Crippen LogP contribution in [-0.4, -0.2) is 16.3 Å². The highest BCUT2D eigenvalue weighted by molar-refractivity contribution is 9.11. The Kier molecular flexibility index (Phi) is 4.90. The van der Waals surface area contributed by atoms with Crippen LogP contribution < -0.4 is 5.32 Å². The van der Waals surface area contributed by atoms with Crippen LogP contribution in [0.5, 0.6) is 0 Å². The Labute approximate surface area is 93.3 Å². The van der Waals surface area contributed by atoms with E-state index < -0.39 is 0 Å². The number of nitrogens with zero attached hydrogens (tertiary/aromatic N) is 2. The van der Waals surface area contributed by atoms with E-state index in [0.29, 0.717) is 0 Å². The highest BCUT2D eigenvalue weighted by Crippen LogP contribution is 2.01. The lowest BCUT2D eigenvalue weighted by molar-refractivity contribution is 0.557. The van der Waals surface area contributed by atoms with Gasteiger partial charge in [0.15, 0.2) is 0 Å². The molecule has 1 aromatic rings. The van der Waals surface area contributed by atoms with Gasteiger partial charge < -0.3 is 5.32 Å². The van der Waals surface area contributed by atoms with Gasteiger partial charge in [0.25, 0.3) is 0 Å². The Morgan fingerprint density at radius 3 is 3.14 bits per heavy atom. The van der Waals surface area contributed by atoms with Crippen molar-refractivity contribution in [1.29, 1.82) is 0 Å². The van der Waals surface area contributed by atoms with E-state index in [-0.39, 0.29) is 0 Å². The molecule has 0 aliphatic carbocycles. The minimum atomic E-state index is 0.789. The summed E-state index contributed by atoms with van der Waals surface area (Å²) < 4.78 is 3.00. The Morgan fingerprint density at radius 2 is 2.50 bits per heavy atom. The van der Waals surface area contributed by atoms with Crippen LogP contribution >= 0.6 is 15.9 Å². The third-order valence-electron chi connectivity index (χ3n) is 1.86. The van der Waals surface area contributed by atoms with Gasteiger partial charge in [0.1, 0.15) is 0 Å². The summed E-state index contributed by atoms with van der Waals surface area (Å²) in [6.07, 6.45) is 2.95. The molecule has 78 valence electrons. The predicted octanol–water partition coefficient (Wildman–Crippen LogP) is 2.29. The molecule has 1 rings (SSSR count). The topological polar surface area (TPSA) is 29.9 Å². The maximum absolute atomic E-state index is 4.25. The molecule has 0 saturated carbocycles. The van der Waals surface area contributed by atoms with E-state index >= 15 is 0 Å². The normalized spacial score (nSPS) is 10.4. The fourth-order valence-corrected chi connectivity index (χ4v) is 1.45. The quantitative estimate of drug-likeness (QED) is 0.848. The monoisotopic (exact) mass is 257 g/mol. The van der Waals surface area contributed by atoms with E-state index in [2.05, 4.69) is 39.8 Å². The van der Waals surface area contributed by atoms with Crippen molar-refractivity contribution in [3.63, 3.8) is 0 Å². The molecule has 14 heavy (non-hydrogen) atoms. The van der Waals surface area contributed by atoms with Crippen molar-refractivity contribution in [3.05, 3.63) is 29.0 Å². The molecule has 1 N–H and O–H groups in total. The van der Waals surface area contributed by atoms with Crippen molar-refractivity contribution in [2.45, 2.75) is 26.4 Å². The summed E-state index contributed by atoms with van der Waals surface area (Å²) >= 11 is 3.31. The van der Waals surface area contributed by atoms with Gasteiger partial charge in [-0.1, -0.05) is 29.4 Å². The Morgan fingerprint density at radius 1 is 1.71 bits per heavy atom. The maximum Gasteiger partial charge on any atom is 0.0522 e. The molecule has 1 aromatic heterocycles. The first-order valence-corrected chi connectivity index (χ1v) is 5.58. The number of nitrogens with one attached hydrogen (secondary N) is 1. The molecule has 0 amide bonds. The van der Waals surface area contributed by atoms with Gasteiger partial charge in [-0.25, -0.2) is 0 Å². The van der Waals surface area contributed by atoms with Gasteiger partial charge in [-0.3, -0.25) is 4.68 Å². The maximum atomic E-state index is 4.25. The summed E-state index contributed by atoms with van der Waals surface area (Å²) in [6.45, 7) is 8.53. The van der Waals surface area contributed by atoms with Crippen molar-refractivity contribution in [3.8, 4) is 0 Å². The summed E-state index contributed by atoms with van der Waals surface area (Å²) in [5.74, 6) is 0. The molecular formula is C10H16BrN3. The van der Waals surface area contributed by atoms with Crippen LogP contribution in [0.3, 0.4) is 0 Å². The van der Waals surface area contributed by atoms with Crippen LogP contribution in [0.2, 0.25) is 0 Å². The van der Waals surface area contributed by atoms with Crippen LogP contribution in [0.4, 0.5) is 0 Å². The molecule has 0 unspecified atom stereocenters. The van der Waals surface area contributed by atoms with Crippen LogP contribution in [-0.2, 0) is 13.1 Å². The van der Waals surface area contributed by atoms with E-state index in [4.69, 9.17) is 0 Å². The smallest absolute Gasteiger partial charge is 0.0522 e. The third-order valence-corrected chi connectivity index (χ3v) is 2.14. The van der Waals surface area contributed by atoms with Gasteiger partial charge in [0.05, 0.1) is 5.69 Å². The second kappa shape index (κ2) is 5.98. The molecule has 0 fully saturated rings. The Hall–Kier alpha value is -0.610. The van der Waals surface area contributed by atoms with Crippen molar-refractivity contribution in [2.24, 2.45) is 0 Å². The number of hydrogen-bond donors (Lipinski definition) is 1. The lowest BCUT2D eigenvalue weighted by Crippen LogP contribution is -2.17. The molecular weight excluding hydrogens is 242 g/mol. The van der Waals surface area contributed by atoms with Crippen LogP contribution in [0.15, 0.2) is 23.3 Å². The predicted molar refractivity (Wildman–Crippen MR) is 62.3 cm³/mol. The SMILES string of the molecule is C=C(Br)CNCc1ccnn1CCC. The van der Waals surface area contributed by atoms with Gasteiger partial charge in [-0.2, -0.15) is 5.10 Å². The lowest BCUT2D eigenvalue weighted by atomic mass is 10.4. The molecule has 0 radical (unpaired) electrons. The van der Waals surface area contributed by atoms with Gasteiger partial charge >= 0.3 is 0 Å². The van der Waals surface area contributed by atoms with E-state index in [1.54, 1.807) is 0 Å². The first kappa shape index (κ1) is 11.5. The largest absolute Gasteiger partial charge is 0.307 e. The van der Waals surface area contributed by atoms with E-state index in [1.807, 2.05) is 16.9 Å². The van der Waals surface area contributed by atoms with E-state index in [0.717, 1.165) is 30.5 Å². The molecule has 3 nitrogen and oxygen atoms in total. The number of hydrogen-bond acceptors (Lipinski definition) is 2. The summed E-state index contributed by atoms with van der Waals surface area (Å²) in [6, 6.07) is 2.04. The average molecular weight is 258 g/mol. The fraction of sp³-hybridized carbons (Fsp3) is 0.500. The summed E-state index contributed by atoms with van der Waals surface area (Å²) in [5, 5.41) is 7.53. The van der Waals surface area contributed by atoms with Crippen LogP contribution in [0, 0.1) is 0 Å². The first-order valence-electron chi connectivity index (χ1n) is 4.78. The highest BCUT2D eigenvalue weighted by Gasteiger charge is 2.00. The van der Waals surface area contributed by atoms with E-state index in [1.165, 1.54) is 5.69 Å². The summed E-state index contributed by atoms with van der Waals surface area (Å²) in [5.41, 5.74) is 1.22. The molecule has 0 atom stereocenters. The first-order chi connectivity index (χ1) is 6.74. The molecule has 0 aliphatic heterocycles. The summed E-state index contributed by atoms with van der Waals surface area (Å²) in [7, 11) is 0. The molecule has 0 aromatic carbocycles. The van der Waals surface area contributed by atoms with Gasteiger partial charge in [0, 0.05) is 30.3 Å². The molecule has 0 aliphatic rings. The average Bonchev–Trinajstić information content (AvgIpc) is 2.53. The number of halogens is 1. The van der Waals surface area contributed by atoms with Gasteiger partial charge in [-0.05, 0) is 12.5 Å². The van der Waals surface area contributed by atoms with Crippen molar-refractivity contribution >= 4 is 15.9 Å². The fourth-order valence-electron chi connectivity index (χ4n) is 1.25. The molecule has 0 bridgehead atoms. The zero-order chi connectivity index (χ0) is 10.4. The Bertz CT molecular complexity index is 293. The van der Waals surface area contributed by atoms with Crippen molar-refractivity contribution < 1.29 is 0 Å². The van der Waals surface area contributed by atoms with Gasteiger partial charge in [-0.15, -0.1) is 0 Å². The highest BCUT2D eigenvalue weighted by atomic mass is 79.9. The molecule has 0 saturated heterocycles. The molecule has 0 spiro atoms. The standard InChI is InChI=1S/C10H16BrN3/c1-3-6-14-10(4-5-13-14)8-12-7-9(2)11/h4-5,12H,2-3,6-8H2,1H3. The summed E-state index contributed by atoms with van der Waals surface area (Å²) in [4.78, 5) is 0. The second-order valence-corrected chi connectivity index (χ2v) is 4.29. The van der Waals surface area contributed by atoms with Crippen LogP contribution in [0.25, 0.3) is 0 Å². The molecule has 1 heterocycles. The number of aryl methyl sites for hydroxylation is 1. The number of aromatic nitrogens is 2. The zero-order valence-electron chi connectivity index (χ0n) is 8.46. The number of rotatable bonds is 6. The minimum absolute atomic E-state index is 0.789. The van der Waals surface area contributed by atoms with Gasteiger partial charge in [0.2, 0.25) is 0 Å².